The van der Waals surface area contributed by atoms with Crippen LogP contribution in [0.3, 0.4) is 0 Å². The molecular formula is C17H18N2O. The minimum Gasteiger partial charge on any atom is -0.469 e. The average molecular weight is 266 g/mol. The maximum atomic E-state index is 5.47. The molecule has 0 fully saturated rings. The van der Waals surface area contributed by atoms with Crippen LogP contribution in [0, 0.1) is 6.92 Å². The van der Waals surface area contributed by atoms with Crippen LogP contribution in [-0.2, 0) is 0 Å². The quantitative estimate of drug-likeness (QED) is 0.779. The third kappa shape index (κ3) is 2.32. The van der Waals surface area contributed by atoms with Crippen molar-refractivity contribution in [2.24, 2.45) is 0 Å². The Morgan fingerprint density at radius 2 is 2.15 bits per heavy atom. The normalized spacial score (nSPS) is 12.7. The van der Waals surface area contributed by atoms with E-state index in [-0.39, 0.29) is 6.04 Å². The van der Waals surface area contributed by atoms with Gasteiger partial charge in [0.2, 0.25) is 0 Å². The van der Waals surface area contributed by atoms with E-state index < -0.39 is 0 Å². The average Bonchev–Trinajstić information content (AvgIpc) is 2.91. The van der Waals surface area contributed by atoms with Gasteiger partial charge in [-0.15, -0.1) is 0 Å². The van der Waals surface area contributed by atoms with Gasteiger partial charge >= 0.3 is 0 Å². The molecule has 0 saturated carbocycles. The molecule has 1 N–H and O–H groups in total. The van der Waals surface area contributed by atoms with Crippen LogP contribution in [0.4, 0.5) is 0 Å². The number of aromatic nitrogens is 1. The third-order valence-corrected chi connectivity index (χ3v) is 3.48. The van der Waals surface area contributed by atoms with Gasteiger partial charge in [-0.3, -0.25) is 4.98 Å². The van der Waals surface area contributed by atoms with Crippen molar-refractivity contribution in [2.45, 2.75) is 19.9 Å². The van der Waals surface area contributed by atoms with Gasteiger partial charge in [0.1, 0.15) is 5.76 Å². The summed E-state index contributed by atoms with van der Waals surface area (Å²) in [6.45, 7) is 4.98. The molecule has 3 aromatic rings. The van der Waals surface area contributed by atoms with Gasteiger partial charge in [-0.1, -0.05) is 25.1 Å². The highest BCUT2D eigenvalue weighted by Crippen LogP contribution is 2.29. The van der Waals surface area contributed by atoms with Gasteiger partial charge in [-0.25, -0.2) is 0 Å². The van der Waals surface area contributed by atoms with Gasteiger partial charge in [0.05, 0.1) is 17.8 Å². The van der Waals surface area contributed by atoms with E-state index in [1.54, 1.807) is 0 Å². The fraction of sp³-hybridized carbons (Fsp3) is 0.235. The zero-order valence-corrected chi connectivity index (χ0v) is 11.8. The molecule has 3 rings (SSSR count). The van der Waals surface area contributed by atoms with Gasteiger partial charge in [0, 0.05) is 17.1 Å². The Morgan fingerprint density at radius 1 is 1.25 bits per heavy atom. The molecule has 0 bridgehead atoms. The van der Waals surface area contributed by atoms with Crippen molar-refractivity contribution in [1.29, 1.82) is 0 Å². The molecular weight excluding hydrogens is 248 g/mol. The highest BCUT2D eigenvalue weighted by Gasteiger charge is 2.17. The lowest BCUT2D eigenvalue weighted by Gasteiger charge is -2.18. The SMILES string of the molecule is CCNC(c1coc(C)c1)c1cccc2ncccc12. The van der Waals surface area contributed by atoms with E-state index in [4.69, 9.17) is 4.42 Å². The predicted molar refractivity (Wildman–Crippen MR) is 80.7 cm³/mol. The van der Waals surface area contributed by atoms with Crippen LogP contribution in [-0.4, -0.2) is 11.5 Å². The van der Waals surface area contributed by atoms with Crippen molar-refractivity contribution in [3.63, 3.8) is 0 Å². The number of furan rings is 1. The number of aryl methyl sites for hydroxylation is 1. The molecule has 102 valence electrons. The molecule has 20 heavy (non-hydrogen) atoms. The Morgan fingerprint density at radius 3 is 2.90 bits per heavy atom. The first-order chi connectivity index (χ1) is 9.79. The van der Waals surface area contributed by atoms with Crippen molar-refractivity contribution < 1.29 is 4.42 Å². The lowest BCUT2D eigenvalue weighted by molar-refractivity contribution is 0.526. The van der Waals surface area contributed by atoms with Gasteiger partial charge in [-0.05, 0) is 37.2 Å². The molecule has 0 aliphatic rings. The van der Waals surface area contributed by atoms with Crippen LogP contribution in [0.15, 0.2) is 53.3 Å². The molecule has 0 spiro atoms. The highest BCUT2D eigenvalue weighted by atomic mass is 16.3. The second-order valence-electron chi connectivity index (χ2n) is 4.90. The van der Waals surface area contributed by atoms with Crippen LogP contribution in [0.2, 0.25) is 0 Å². The molecule has 0 amide bonds. The summed E-state index contributed by atoms with van der Waals surface area (Å²) in [6, 6.07) is 12.6. The topological polar surface area (TPSA) is 38.1 Å². The summed E-state index contributed by atoms with van der Waals surface area (Å²) in [5, 5.41) is 4.71. The zero-order chi connectivity index (χ0) is 13.9. The molecule has 2 heterocycles. The van der Waals surface area contributed by atoms with Crippen molar-refractivity contribution >= 4 is 10.9 Å². The third-order valence-electron chi connectivity index (χ3n) is 3.48. The van der Waals surface area contributed by atoms with Crippen molar-refractivity contribution in [3.8, 4) is 0 Å². The summed E-state index contributed by atoms with van der Waals surface area (Å²) >= 11 is 0. The summed E-state index contributed by atoms with van der Waals surface area (Å²) in [5.74, 6) is 0.932. The van der Waals surface area contributed by atoms with E-state index in [2.05, 4.69) is 41.5 Å². The maximum Gasteiger partial charge on any atom is 0.101 e. The second kappa shape index (κ2) is 5.47. The summed E-state index contributed by atoms with van der Waals surface area (Å²) in [6.07, 6.45) is 3.66. The summed E-state index contributed by atoms with van der Waals surface area (Å²) in [7, 11) is 0. The predicted octanol–water partition coefficient (Wildman–Crippen LogP) is 3.84. The van der Waals surface area contributed by atoms with Crippen LogP contribution in [0.25, 0.3) is 10.9 Å². The van der Waals surface area contributed by atoms with E-state index in [1.807, 2.05) is 31.5 Å². The molecule has 2 aromatic heterocycles. The van der Waals surface area contributed by atoms with Crippen molar-refractivity contribution in [1.82, 2.24) is 10.3 Å². The lowest BCUT2D eigenvalue weighted by Crippen LogP contribution is -2.21. The van der Waals surface area contributed by atoms with E-state index in [0.717, 1.165) is 23.4 Å². The lowest BCUT2D eigenvalue weighted by atomic mass is 9.96. The Bertz CT molecular complexity index is 712. The number of nitrogens with zero attached hydrogens (tertiary/aromatic N) is 1. The number of fused-ring (bicyclic) bond motifs is 1. The monoisotopic (exact) mass is 266 g/mol. The van der Waals surface area contributed by atoms with Gasteiger partial charge in [-0.2, -0.15) is 0 Å². The second-order valence-corrected chi connectivity index (χ2v) is 4.90. The van der Waals surface area contributed by atoms with Crippen LogP contribution >= 0.6 is 0 Å². The molecule has 0 saturated heterocycles. The molecule has 1 unspecified atom stereocenters. The largest absolute Gasteiger partial charge is 0.469 e. The van der Waals surface area contributed by atoms with Crippen LogP contribution in [0.5, 0.6) is 0 Å². The number of pyridine rings is 1. The zero-order valence-electron chi connectivity index (χ0n) is 11.8. The first kappa shape index (κ1) is 12.9. The van der Waals surface area contributed by atoms with Crippen molar-refractivity contribution in [2.75, 3.05) is 6.54 Å². The van der Waals surface area contributed by atoms with Gasteiger partial charge in [0.15, 0.2) is 0 Å². The van der Waals surface area contributed by atoms with Gasteiger partial charge in [0.25, 0.3) is 0 Å². The number of hydrogen-bond acceptors (Lipinski definition) is 3. The fourth-order valence-corrected chi connectivity index (χ4v) is 2.61. The standard InChI is InChI=1S/C17H18N2O/c1-3-18-17(13-10-12(2)20-11-13)15-6-4-8-16-14(15)7-5-9-19-16/h4-11,17-18H,3H2,1-2H3. The Balaban J connectivity index is 2.14. The van der Waals surface area contributed by atoms with Crippen molar-refractivity contribution in [3.05, 3.63) is 65.7 Å². The fourth-order valence-electron chi connectivity index (χ4n) is 2.61. The number of nitrogens with one attached hydrogen (secondary N) is 1. The summed E-state index contributed by atoms with van der Waals surface area (Å²) in [4.78, 5) is 4.43. The van der Waals surface area contributed by atoms with Crippen LogP contribution in [0.1, 0.15) is 29.9 Å². The first-order valence-electron chi connectivity index (χ1n) is 6.91. The highest BCUT2D eigenvalue weighted by molar-refractivity contribution is 5.82. The molecule has 1 aromatic carbocycles. The molecule has 0 radical (unpaired) electrons. The van der Waals surface area contributed by atoms with E-state index in [1.165, 1.54) is 10.9 Å². The molecule has 1 atom stereocenters. The first-order valence-corrected chi connectivity index (χ1v) is 6.91. The maximum absolute atomic E-state index is 5.47. The number of rotatable bonds is 4. The van der Waals surface area contributed by atoms with E-state index in [0.29, 0.717) is 0 Å². The van der Waals surface area contributed by atoms with Crippen LogP contribution < -0.4 is 5.32 Å². The summed E-state index contributed by atoms with van der Waals surface area (Å²) in [5.41, 5.74) is 3.41. The Hall–Kier alpha value is -2.13. The molecule has 3 nitrogen and oxygen atoms in total. The van der Waals surface area contributed by atoms with Gasteiger partial charge < -0.3 is 9.73 Å². The smallest absolute Gasteiger partial charge is 0.101 e. The van der Waals surface area contributed by atoms with E-state index >= 15 is 0 Å². The van der Waals surface area contributed by atoms with E-state index in [9.17, 15) is 0 Å². The Kier molecular flexibility index (Phi) is 3.52. The number of benzene rings is 1. The number of hydrogen-bond donors (Lipinski definition) is 1. The summed E-state index contributed by atoms with van der Waals surface area (Å²) < 4.78 is 5.47. The molecule has 3 heteroatoms. The molecule has 0 aliphatic heterocycles. The minimum absolute atomic E-state index is 0.130. The Labute approximate surface area is 118 Å². The molecule has 0 aliphatic carbocycles. The minimum atomic E-state index is 0.130.